The topological polar surface area (TPSA) is 99.7 Å². The Morgan fingerprint density at radius 2 is 1.80 bits per heavy atom. The lowest BCUT2D eigenvalue weighted by atomic mass is 10.1. The summed E-state index contributed by atoms with van der Waals surface area (Å²) in [4.78, 5) is 35.4. The highest BCUT2D eigenvalue weighted by atomic mass is 35.5. The molecule has 4 aromatic rings. The van der Waals surface area contributed by atoms with E-state index in [-0.39, 0.29) is 28.0 Å². The van der Waals surface area contributed by atoms with Gasteiger partial charge in [0.15, 0.2) is 5.43 Å². The molecule has 0 unspecified atom stereocenters. The van der Waals surface area contributed by atoms with Gasteiger partial charge in [-0.05, 0) is 35.9 Å². The maximum Gasteiger partial charge on any atom is 0.343 e. The minimum absolute atomic E-state index is 0.0313. The standard InChI is InChI=1S/C22H12ClNO6/c23-15-6-4-13(5-7-15)19-12-29-20-11-17(8-9-18(20)21(19)25)30-22(26)14-2-1-3-16(10-14)24(27)28/h1-12H. The van der Waals surface area contributed by atoms with Crippen LogP contribution in [0.2, 0.25) is 5.02 Å². The SMILES string of the molecule is O=C(Oc1ccc2c(=O)c(-c3ccc(Cl)cc3)coc2c1)c1cccc([N+](=O)[O-])c1. The molecule has 1 aromatic heterocycles. The van der Waals surface area contributed by atoms with Crippen molar-refractivity contribution in [3.8, 4) is 16.9 Å². The number of nitrogens with zero attached hydrogens (tertiary/aromatic N) is 1. The van der Waals surface area contributed by atoms with Gasteiger partial charge in [-0.1, -0.05) is 29.8 Å². The third-order valence-electron chi connectivity index (χ3n) is 4.40. The van der Waals surface area contributed by atoms with Gasteiger partial charge in [-0.2, -0.15) is 0 Å². The number of benzene rings is 3. The Kier molecular flexibility index (Phi) is 5.04. The number of fused-ring (bicyclic) bond motifs is 1. The van der Waals surface area contributed by atoms with Crippen molar-refractivity contribution in [2.75, 3.05) is 0 Å². The number of halogens is 1. The quantitative estimate of drug-likeness (QED) is 0.193. The van der Waals surface area contributed by atoms with Crippen LogP contribution in [0.4, 0.5) is 5.69 Å². The van der Waals surface area contributed by atoms with Gasteiger partial charge in [0.25, 0.3) is 5.69 Å². The van der Waals surface area contributed by atoms with Crippen molar-refractivity contribution in [2.24, 2.45) is 0 Å². The lowest BCUT2D eigenvalue weighted by molar-refractivity contribution is -0.384. The first-order valence-corrected chi connectivity index (χ1v) is 9.08. The van der Waals surface area contributed by atoms with Crippen LogP contribution in [-0.2, 0) is 0 Å². The van der Waals surface area contributed by atoms with Crippen molar-refractivity contribution < 1.29 is 18.9 Å². The summed E-state index contributed by atoms with van der Waals surface area (Å²) in [6, 6.07) is 16.4. The van der Waals surface area contributed by atoms with Crippen LogP contribution < -0.4 is 10.2 Å². The van der Waals surface area contributed by atoms with Crippen LogP contribution in [-0.4, -0.2) is 10.9 Å². The Bertz CT molecular complexity index is 1340. The number of nitro benzene ring substituents is 1. The molecule has 7 nitrogen and oxygen atoms in total. The average molecular weight is 422 g/mol. The van der Waals surface area contributed by atoms with E-state index in [1.54, 1.807) is 24.3 Å². The Morgan fingerprint density at radius 1 is 1.03 bits per heavy atom. The van der Waals surface area contributed by atoms with Gasteiger partial charge in [-0.25, -0.2) is 4.79 Å². The fourth-order valence-corrected chi connectivity index (χ4v) is 3.04. The van der Waals surface area contributed by atoms with E-state index in [4.69, 9.17) is 20.8 Å². The summed E-state index contributed by atoms with van der Waals surface area (Å²) in [7, 11) is 0. The zero-order valence-electron chi connectivity index (χ0n) is 15.2. The molecule has 0 aliphatic rings. The molecule has 0 saturated carbocycles. The first-order valence-electron chi connectivity index (χ1n) is 8.70. The number of nitro groups is 1. The maximum absolute atomic E-state index is 12.8. The molecule has 8 heteroatoms. The summed E-state index contributed by atoms with van der Waals surface area (Å²) in [6.45, 7) is 0. The normalized spacial score (nSPS) is 10.7. The van der Waals surface area contributed by atoms with Crippen molar-refractivity contribution in [3.63, 3.8) is 0 Å². The van der Waals surface area contributed by atoms with Gasteiger partial charge in [0.05, 0.1) is 21.4 Å². The summed E-state index contributed by atoms with van der Waals surface area (Å²) in [5.74, 6) is -0.625. The maximum atomic E-state index is 12.8. The second kappa shape index (κ2) is 7.81. The minimum atomic E-state index is -0.766. The molecule has 0 spiro atoms. The van der Waals surface area contributed by atoms with E-state index >= 15 is 0 Å². The van der Waals surface area contributed by atoms with Gasteiger partial charge in [0.2, 0.25) is 0 Å². The molecular weight excluding hydrogens is 410 g/mol. The summed E-state index contributed by atoms with van der Waals surface area (Å²) in [5, 5.41) is 11.7. The van der Waals surface area contributed by atoms with E-state index in [9.17, 15) is 19.7 Å². The second-order valence-electron chi connectivity index (χ2n) is 6.34. The number of carbonyl (C=O) groups is 1. The van der Waals surface area contributed by atoms with Gasteiger partial charge in [0.1, 0.15) is 17.6 Å². The van der Waals surface area contributed by atoms with Crippen molar-refractivity contribution in [3.05, 3.63) is 104 Å². The van der Waals surface area contributed by atoms with E-state index in [1.165, 1.54) is 42.7 Å². The van der Waals surface area contributed by atoms with E-state index in [2.05, 4.69) is 0 Å². The Hall–Kier alpha value is -3.97. The van der Waals surface area contributed by atoms with E-state index < -0.39 is 10.9 Å². The molecule has 0 atom stereocenters. The summed E-state index contributed by atoms with van der Waals surface area (Å²) < 4.78 is 10.8. The average Bonchev–Trinajstić information content (AvgIpc) is 2.75. The molecule has 3 aromatic carbocycles. The number of hydrogen-bond acceptors (Lipinski definition) is 6. The number of esters is 1. The van der Waals surface area contributed by atoms with E-state index in [0.29, 0.717) is 21.5 Å². The third kappa shape index (κ3) is 3.78. The molecule has 0 aliphatic heterocycles. The lowest BCUT2D eigenvalue weighted by Gasteiger charge is -2.07. The molecule has 4 rings (SSSR count). The van der Waals surface area contributed by atoms with Gasteiger partial charge >= 0.3 is 5.97 Å². The van der Waals surface area contributed by atoms with Gasteiger partial charge in [-0.3, -0.25) is 14.9 Å². The molecule has 0 bridgehead atoms. The number of non-ortho nitro benzene ring substituents is 1. The van der Waals surface area contributed by atoms with Crippen LogP contribution in [0, 0.1) is 10.1 Å². The summed E-state index contributed by atoms with van der Waals surface area (Å²) in [5.41, 5.74) is 0.849. The molecule has 0 saturated heterocycles. The molecule has 1 heterocycles. The lowest BCUT2D eigenvalue weighted by Crippen LogP contribution is -2.09. The van der Waals surface area contributed by atoms with Crippen molar-refractivity contribution >= 4 is 34.2 Å². The monoisotopic (exact) mass is 421 g/mol. The second-order valence-corrected chi connectivity index (χ2v) is 6.78. The van der Waals surface area contributed by atoms with Crippen molar-refractivity contribution in [2.45, 2.75) is 0 Å². The molecule has 0 radical (unpaired) electrons. The summed E-state index contributed by atoms with van der Waals surface area (Å²) in [6.07, 6.45) is 1.33. The third-order valence-corrected chi connectivity index (χ3v) is 4.66. The molecule has 0 amide bonds. The van der Waals surface area contributed by atoms with Crippen LogP contribution in [0.1, 0.15) is 10.4 Å². The van der Waals surface area contributed by atoms with E-state index in [0.717, 1.165) is 6.07 Å². The molecule has 0 aliphatic carbocycles. The van der Waals surface area contributed by atoms with Crippen molar-refractivity contribution in [1.29, 1.82) is 0 Å². The molecule has 0 fully saturated rings. The van der Waals surface area contributed by atoms with Gasteiger partial charge < -0.3 is 9.15 Å². The molecular formula is C22H12ClNO6. The van der Waals surface area contributed by atoms with Crippen LogP contribution in [0.5, 0.6) is 5.75 Å². The predicted molar refractivity (Wildman–Crippen MR) is 111 cm³/mol. The fraction of sp³-hybridized carbons (Fsp3) is 0. The summed E-state index contributed by atoms with van der Waals surface area (Å²) >= 11 is 5.88. The van der Waals surface area contributed by atoms with E-state index in [1.807, 2.05) is 0 Å². The van der Waals surface area contributed by atoms with Crippen LogP contribution >= 0.6 is 11.6 Å². The highest BCUT2D eigenvalue weighted by Gasteiger charge is 2.15. The predicted octanol–water partition coefficient (Wildman–Crippen LogP) is 5.24. The van der Waals surface area contributed by atoms with Crippen LogP contribution in [0.15, 0.2) is 82.2 Å². The van der Waals surface area contributed by atoms with Crippen molar-refractivity contribution in [1.82, 2.24) is 0 Å². The smallest absolute Gasteiger partial charge is 0.343 e. The molecule has 0 N–H and O–H groups in total. The van der Waals surface area contributed by atoms with Gasteiger partial charge in [-0.15, -0.1) is 0 Å². The number of rotatable bonds is 4. The highest BCUT2D eigenvalue weighted by Crippen LogP contribution is 2.25. The minimum Gasteiger partial charge on any atom is -0.463 e. The zero-order valence-corrected chi connectivity index (χ0v) is 16.0. The Balaban J connectivity index is 1.64. The zero-order chi connectivity index (χ0) is 21.3. The number of hydrogen-bond donors (Lipinski definition) is 0. The van der Waals surface area contributed by atoms with Gasteiger partial charge in [0, 0.05) is 23.2 Å². The Labute approximate surface area is 174 Å². The highest BCUT2D eigenvalue weighted by molar-refractivity contribution is 6.30. The molecule has 30 heavy (non-hydrogen) atoms. The number of carbonyl (C=O) groups excluding carboxylic acids is 1. The number of ether oxygens (including phenoxy) is 1. The first kappa shape index (κ1) is 19.4. The fourth-order valence-electron chi connectivity index (χ4n) is 2.91. The van der Waals surface area contributed by atoms with Crippen LogP contribution in [0.3, 0.4) is 0 Å². The van der Waals surface area contributed by atoms with Crippen LogP contribution in [0.25, 0.3) is 22.1 Å². The first-order chi connectivity index (χ1) is 14.4. The Morgan fingerprint density at radius 3 is 2.53 bits per heavy atom. The molecule has 148 valence electrons. The largest absolute Gasteiger partial charge is 0.463 e.